The van der Waals surface area contributed by atoms with E-state index in [9.17, 15) is 14.0 Å². The lowest BCUT2D eigenvalue weighted by atomic mass is 10.2. The third kappa shape index (κ3) is 4.03. The van der Waals surface area contributed by atoms with Crippen molar-refractivity contribution in [1.82, 2.24) is 9.80 Å². The summed E-state index contributed by atoms with van der Waals surface area (Å²) in [6.45, 7) is 3.64. The average molecular weight is 412 g/mol. The molecule has 0 aromatic heterocycles. The SMILES string of the molecule is COc1ccccc1N1CCN(C(=O)CN2CCN(c3ccc(F)cc3)C2=O)CC1. The van der Waals surface area contributed by atoms with Crippen molar-refractivity contribution in [3.05, 3.63) is 54.3 Å². The number of benzene rings is 2. The summed E-state index contributed by atoms with van der Waals surface area (Å²) in [4.78, 5) is 32.6. The molecule has 2 aromatic rings. The Balaban J connectivity index is 1.32. The first-order valence-corrected chi connectivity index (χ1v) is 10.0. The second kappa shape index (κ2) is 8.61. The fraction of sp³-hybridized carbons (Fsp3) is 0.364. The number of anilines is 2. The molecule has 30 heavy (non-hydrogen) atoms. The molecule has 0 saturated carbocycles. The smallest absolute Gasteiger partial charge is 0.325 e. The van der Waals surface area contributed by atoms with Gasteiger partial charge in [-0.15, -0.1) is 0 Å². The summed E-state index contributed by atoms with van der Waals surface area (Å²) in [5.41, 5.74) is 1.67. The van der Waals surface area contributed by atoms with Gasteiger partial charge in [-0.1, -0.05) is 12.1 Å². The maximum absolute atomic E-state index is 13.1. The van der Waals surface area contributed by atoms with E-state index in [1.54, 1.807) is 33.9 Å². The fourth-order valence-corrected chi connectivity index (χ4v) is 3.94. The molecule has 0 aliphatic carbocycles. The number of carbonyl (C=O) groups excluding carboxylic acids is 2. The van der Waals surface area contributed by atoms with Gasteiger partial charge in [0.1, 0.15) is 18.1 Å². The first kappa shape index (κ1) is 20.0. The maximum atomic E-state index is 13.1. The van der Waals surface area contributed by atoms with Gasteiger partial charge in [0.05, 0.1) is 12.8 Å². The Morgan fingerprint density at radius 2 is 1.67 bits per heavy atom. The van der Waals surface area contributed by atoms with Crippen LogP contribution in [0.15, 0.2) is 48.5 Å². The Bertz CT molecular complexity index is 913. The Kier molecular flexibility index (Phi) is 5.74. The van der Waals surface area contributed by atoms with Crippen molar-refractivity contribution in [3.63, 3.8) is 0 Å². The van der Waals surface area contributed by atoms with Crippen molar-refractivity contribution in [2.24, 2.45) is 0 Å². The molecule has 2 heterocycles. The molecule has 0 radical (unpaired) electrons. The molecular formula is C22H25FN4O3. The number of hydrogen-bond donors (Lipinski definition) is 0. The molecule has 2 aliphatic rings. The second-order valence-corrected chi connectivity index (χ2v) is 7.37. The highest BCUT2D eigenvalue weighted by molar-refractivity contribution is 5.96. The van der Waals surface area contributed by atoms with Gasteiger partial charge in [0, 0.05) is 45.0 Å². The maximum Gasteiger partial charge on any atom is 0.325 e. The Labute approximate surface area is 175 Å². The number of carbonyl (C=O) groups is 2. The highest BCUT2D eigenvalue weighted by Gasteiger charge is 2.32. The zero-order valence-corrected chi connectivity index (χ0v) is 17.0. The van der Waals surface area contributed by atoms with E-state index in [0.717, 1.165) is 11.4 Å². The minimum Gasteiger partial charge on any atom is -0.495 e. The van der Waals surface area contributed by atoms with Crippen LogP contribution in [-0.4, -0.2) is 74.7 Å². The summed E-state index contributed by atoms with van der Waals surface area (Å²) in [7, 11) is 1.65. The van der Waals surface area contributed by atoms with Gasteiger partial charge in [0.25, 0.3) is 0 Å². The summed E-state index contributed by atoms with van der Waals surface area (Å²) in [6.07, 6.45) is 0. The summed E-state index contributed by atoms with van der Waals surface area (Å²) in [5.74, 6) is 0.425. The van der Waals surface area contributed by atoms with Gasteiger partial charge in [-0.2, -0.15) is 0 Å². The number of urea groups is 1. The number of amides is 3. The second-order valence-electron chi connectivity index (χ2n) is 7.37. The van der Waals surface area contributed by atoms with Crippen molar-refractivity contribution in [1.29, 1.82) is 0 Å². The third-order valence-corrected chi connectivity index (χ3v) is 5.62. The minimum atomic E-state index is -0.343. The van der Waals surface area contributed by atoms with E-state index in [2.05, 4.69) is 4.90 Å². The zero-order valence-electron chi connectivity index (χ0n) is 17.0. The highest BCUT2D eigenvalue weighted by Crippen LogP contribution is 2.28. The van der Waals surface area contributed by atoms with Crippen LogP contribution in [0.3, 0.4) is 0 Å². The molecule has 2 aromatic carbocycles. The third-order valence-electron chi connectivity index (χ3n) is 5.62. The van der Waals surface area contributed by atoms with Crippen molar-refractivity contribution >= 4 is 23.3 Å². The van der Waals surface area contributed by atoms with Gasteiger partial charge < -0.3 is 19.4 Å². The normalized spacial score (nSPS) is 16.9. The number of halogens is 1. The zero-order chi connectivity index (χ0) is 21.1. The van der Waals surface area contributed by atoms with Gasteiger partial charge >= 0.3 is 6.03 Å². The molecule has 0 unspecified atom stereocenters. The standard InChI is InChI=1S/C22H25FN4O3/c1-30-20-5-3-2-4-19(20)24-10-12-25(13-11-24)21(28)16-26-14-15-27(22(26)29)18-8-6-17(23)7-9-18/h2-9H,10-16H2,1H3. The molecule has 0 atom stereocenters. The van der Waals surface area contributed by atoms with Crippen LogP contribution < -0.4 is 14.5 Å². The number of rotatable bonds is 5. The van der Waals surface area contributed by atoms with E-state index in [1.165, 1.54) is 12.1 Å². The van der Waals surface area contributed by atoms with E-state index >= 15 is 0 Å². The van der Waals surface area contributed by atoms with Crippen molar-refractivity contribution in [2.45, 2.75) is 0 Å². The van der Waals surface area contributed by atoms with E-state index in [4.69, 9.17) is 4.74 Å². The summed E-state index contributed by atoms with van der Waals surface area (Å²) < 4.78 is 18.6. The summed E-state index contributed by atoms with van der Waals surface area (Å²) in [5, 5.41) is 0. The summed E-state index contributed by atoms with van der Waals surface area (Å²) in [6, 6.07) is 13.5. The lowest BCUT2D eigenvalue weighted by molar-refractivity contribution is -0.131. The first-order valence-electron chi connectivity index (χ1n) is 10.0. The lowest BCUT2D eigenvalue weighted by Crippen LogP contribution is -2.51. The van der Waals surface area contributed by atoms with Crippen LogP contribution in [0.1, 0.15) is 0 Å². The van der Waals surface area contributed by atoms with Gasteiger partial charge in [-0.05, 0) is 36.4 Å². The van der Waals surface area contributed by atoms with Gasteiger partial charge in [0.15, 0.2) is 0 Å². The molecule has 3 amide bonds. The molecule has 0 spiro atoms. The summed E-state index contributed by atoms with van der Waals surface area (Å²) >= 11 is 0. The number of hydrogen-bond acceptors (Lipinski definition) is 4. The average Bonchev–Trinajstić information content (AvgIpc) is 3.14. The Morgan fingerprint density at radius 1 is 0.967 bits per heavy atom. The molecule has 2 saturated heterocycles. The van der Waals surface area contributed by atoms with Crippen LogP contribution in [-0.2, 0) is 4.79 Å². The van der Waals surface area contributed by atoms with Crippen LogP contribution in [0.5, 0.6) is 5.75 Å². The monoisotopic (exact) mass is 412 g/mol. The van der Waals surface area contributed by atoms with Crippen LogP contribution in [0, 0.1) is 5.82 Å². The van der Waals surface area contributed by atoms with E-state index < -0.39 is 0 Å². The van der Waals surface area contributed by atoms with Crippen LogP contribution >= 0.6 is 0 Å². The number of ether oxygens (including phenoxy) is 1. The van der Waals surface area contributed by atoms with E-state index in [1.807, 2.05) is 24.3 Å². The molecular weight excluding hydrogens is 387 g/mol. The molecule has 7 nitrogen and oxygen atoms in total. The predicted octanol–water partition coefficient (Wildman–Crippen LogP) is 2.43. The van der Waals surface area contributed by atoms with E-state index in [-0.39, 0.29) is 24.3 Å². The van der Waals surface area contributed by atoms with E-state index in [0.29, 0.717) is 45.0 Å². The largest absolute Gasteiger partial charge is 0.495 e. The molecule has 0 N–H and O–H groups in total. The molecule has 8 heteroatoms. The van der Waals surface area contributed by atoms with Crippen LogP contribution in [0.4, 0.5) is 20.6 Å². The number of methoxy groups -OCH3 is 1. The lowest BCUT2D eigenvalue weighted by Gasteiger charge is -2.37. The number of para-hydroxylation sites is 2. The van der Waals surface area contributed by atoms with Crippen LogP contribution in [0.2, 0.25) is 0 Å². The Hall–Kier alpha value is -3.29. The fourth-order valence-electron chi connectivity index (χ4n) is 3.94. The highest BCUT2D eigenvalue weighted by atomic mass is 19.1. The minimum absolute atomic E-state index is 0.0519. The topological polar surface area (TPSA) is 56.3 Å². The van der Waals surface area contributed by atoms with Gasteiger partial charge in [-0.3, -0.25) is 9.69 Å². The van der Waals surface area contributed by atoms with Crippen molar-refractivity contribution in [3.8, 4) is 5.75 Å². The van der Waals surface area contributed by atoms with Crippen LogP contribution in [0.25, 0.3) is 0 Å². The predicted molar refractivity (Wildman–Crippen MR) is 113 cm³/mol. The number of nitrogens with zero attached hydrogens (tertiary/aromatic N) is 4. The van der Waals surface area contributed by atoms with Crippen molar-refractivity contribution < 1.29 is 18.7 Å². The van der Waals surface area contributed by atoms with Gasteiger partial charge in [-0.25, -0.2) is 9.18 Å². The molecule has 2 fully saturated rings. The molecule has 2 aliphatic heterocycles. The van der Waals surface area contributed by atoms with Gasteiger partial charge in [0.2, 0.25) is 5.91 Å². The van der Waals surface area contributed by atoms with Crippen molar-refractivity contribution in [2.75, 3.05) is 62.7 Å². The molecule has 158 valence electrons. The number of piperazine rings is 1. The first-order chi connectivity index (χ1) is 14.6. The molecule has 4 rings (SSSR count). The quantitative estimate of drug-likeness (QED) is 0.757. The molecule has 0 bridgehead atoms. The Morgan fingerprint density at radius 3 is 2.37 bits per heavy atom.